The summed E-state index contributed by atoms with van der Waals surface area (Å²) in [5.74, 6) is 3.49. The first-order valence-corrected chi connectivity index (χ1v) is 9.10. The van der Waals surface area contributed by atoms with Gasteiger partial charge in [-0.2, -0.15) is 4.68 Å². The van der Waals surface area contributed by atoms with Crippen LogP contribution in [0.2, 0.25) is 0 Å². The van der Waals surface area contributed by atoms with Gasteiger partial charge in [-0.1, -0.05) is 12.1 Å². The zero-order valence-corrected chi connectivity index (χ0v) is 14.1. The first-order chi connectivity index (χ1) is 11.3. The van der Waals surface area contributed by atoms with Crippen LogP contribution in [0.4, 0.5) is 0 Å². The van der Waals surface area contributed by atoms with Crippen LogP contribution >= 0.6 is 11.3 Å². The van der Waals surface area contributed by atoms with Crippen LogP contribution < -0.4 is 0 Å². The van der Waals surface area contributed by atoms with Gasteiger partial charge in [0, 0.05) is 22.9 Å². The highest BCUT2D eigenvalue weighted by Gasteiger charge is 2.29. The Bertz CT molecular complexity index is 787. The van der Waals surface area contributed by atoms with Crippen LogP contribution in [0, 0.1) is 6.92 Å². The molecule has 0 amide bonds. The van der Waals surface area contributed by atoms with Crippen LogP contribution in [-0.2, 0) is 12.8 Å². The molecule has 3 aromatic rings. The second kappa shape index (κ2) is 6.24. The molecule has 0 atom stereocenters. The van der Waals surface area contributed by atoms with E-state index in [2.05, 4.69) is 22.5 Å². The summed E-state index contributed by atoms with van der Waals surface area (Å²) in [6.07, 6.45) is 5.58. The summed E-state index contributed by atoms with van der Waals surface area (Å²) in [7, 11) is 0. The molecule has 0 aliphatic heterocycles. The van der Waals surface area contributed by atoms with Crippen molar-refractivity contribution in [2.45, 2.75) is 44.9 Å². The number of hydrogen-bond donors (Lipinski definition) is 0. The largest absolute Gasteiger partial charge is 0.234 e. The Hall–Kier alpha value is -2.01. The minimum Gasteiger partial charge on any atom is -0.234 e. The molecule has 0 bridgehead atoms. The van der Waals surface area contributed by atoms with Crippen LogP contribution in [0.5, 0.6) is 0 Å². The molecule has 5 heteroatoms. The third-order valence-electron chi connectivity index (χ3n) is 4.13. The molecule has 1 fully saturated rings. The molecular weight excluding hydrogens is 304 g/mol. The van der Waals surface area contributed by atoms with E-state index < -0.39 is 0 Å². The van der Waals surface area contributed by atoms with Gasteiger partial charge in [-0.05, 0) is 56.2 Å². The second-order valence-corrected chi connectivity index (χ2v) is 7.17. The van der Waals surface area contributed by atoms with Crippen molar-refractivity contribution in [3.05, 3.63) is 57.9 Å². The SMILES string of the molecule is Cc1cccc(-n2nc(C3CC3)nc2CCCc2cccs2)n1. The molecule has 23 heavy (non-hydrogen) atoms. The van der Waals surface area contributed by atoms with Crippen molar-refractivity contribution in [3.63, 3.8) is 0 Å². The fourth-order valence-corrected chi connectivity index (χ4v) is 3.50. The molecule has 0 N–H and O–H groups in total. The van der Waals surface area contributed by atoms with Crippen LogP contribution in [0.1, 0.15) is 47.4 Å². The number of aryl methyl sites for hydroxylation is 3. The Morgan fingerprint density at radius 2 is 2.04 bits per heavy atom. The van der Waals surface area contributed by atoms with Crippen molar-refractivity contribution in [2.24, 2.45) is 0 Å². The first kappa shape index (κ1) is 14.6. The predicted molar refractivity (Wildman–Crippen MR) is 92.2 cm³/mol. The van der Waals surface area contributed by atoms with Crippen molar-refractivity contribution in [1.29, 1.82) is 0 Å². The van der Waals surface area contributed by atoms with E-state index in [9.17, 15) is 0 Å². The van der Waals surface area contributed by atoms with Crippen LogP contribution in [0.3, 0.4) is 0 Å². The molecule has 1 aliphatic carbocycles. The quantitative estimate of drug-likeness (QED) is 0.686. The second-order valence-electron chi connectivity index (χ2n) is 6.14. The molecular formula is C18H20N4S. The molecule has 0 spiro atoms. The maximum absolute atomic E-state index is 4.81. The van der Waals surface area contributed by atoms with Gasteiger partial charge in [0.25, 0.3) is 0 Å². The van der Waals surface area contributed by atoms with Gasteiger partial charge in [0.15, 0.2) is 11.6 Å². The summed E-state index contributed by atoms with van der Waals surface area (Å²) in [4.78, 5) is 10.9. The lowest BCUT2D eigenvalue weighted by molar-refractivity contribution is 0.715. The van der Waals surface area contributed by atoms with Crippen LogP contribution in [-0.4, -0.2) is 19.7 Å². The molecule has 4 rings (SSSR count). The summed E-state index contributed by atoms with van der Waals surface area (Å²) in [5, 5.41) is 6.88. The lowest BCUT2D eigenvalue weighted by atomic mass is 10.2. The summed E-state index contributed by atoms with van der Waals surface area (Å²) in [6, 6.07) is 10.4. The molecule has 0 radical (unpaired) electrons. The number of rotatable bonds is 6. The maximum atomic E-state index is 4.81. The standard InChI is InChI=1S/C18H20N4S/c1-13-5-2-8-16(19-13)22-17(20-18(21-22)14-10-11-14)9-3-6-15-7-4-12-23-15/h2,4-5,7-8,12,14H,3,6,9-11H2,1H3. The van der Waals surface area contributed by atoms with E-state index in [0.717, 1.165) is 42.4 Å². The van der Waals surface area contributed by atoms with Crippen molar-refractivity contribution in [3.8, 4) is 5.82 Å². The van der Waals surface area contributed by atoms with E-state index >= 15 is 0 Å². The molecule has 1 saturated carbocycles. The van der Waals surface area contributed by atoms with E-state index in [0.29, 0.717) is 5.92 Å². The Morgan fingerprint density at radius 3 is 2.78 bits per heavy atom. The Morgan fingerprint density at radius 1 is 1.13 bits per heavy atom. The van der Waals surface area contributed by atoms with Gasteiger partial charge in [0.1, 0.15) is 5.82 Å². The van der Waals surface area contributed by atoms with Gasteiger partial charge in [-0.3, -0.25) is 0 Å². The smallest absolute Gasteiger partial charge is 0.155 e. The summed E-state index contributed by atoms with van der Waals surface area (Å²) < 4.78 is 1.95. The van der Waals surface area contributed by atoms with E-state index in [1.165, 1.54) is 17.7 Å². The summed E-state index contributed by atoms with van der Waals surface area (Å²) >= 11 is 1.83. The Kier molecular flexibility index (Phi) is 3.95. The molecule has 3 aromatic heterocycles. The highest BCUT2D eigenvalue weighted by Crippen LogP contribution is 2.38. The van der Waals surface area contributed by atoms with Crippen LogP contribution in [0.15, 0.2) is 35.7 Å². The predicted octanol–water partition coefficient (Wildman–Crippen LogP) is 4.08. The fourth-order valence-electron chi connectivity index (χ4n) is 2.74. The van der Waals surface area contributed by atoms with Gasteiger partial charge in [-0.25, -0.2) is 9.97 Å². The normalized spacial score (nSPS) is 14.3. The Balaban J connectivity index is 1.56. The number of aromatic nitrogens is 4. The van der Waals surface area contributed by atoms with Crippen molar-refractivity contribution >= 4 is 11.3 Å². The minimum absolute atomic E-state index is 0.567. The van der Waals surface area contributed by atoms with E-state index in [-0.39, 0.29) is 0 Å². The van der Waals surface area contributed by atoms with Crippen LogP contribution in [0.25, 0.3) is 5.82 Å². The lowest BCUT2D eigenvalue weighted by Crippen LogP contribution is -2.06. The van der Waals surface area contributed by atoms with Gasteiger partial charge in [0.05, 0.1) is 0 Å². The van der Waals surface area contributed by atoms with Crippen molar-refractivity contribution in [1.82, 2.24) is 19.7 Å². The zero-order chi connectivity index (χ0) is 15.6. The Labute approximate surface area is 140 Å². The highest BCUT2D eigenvalue weighted by molar-refractivity contribution is 7.09. The van der Waals surface area contributed by atoms with E-state index in [1.54, 1.807) is 0 Å². The third-order valence-corrected chi connectivity index (χ3v) is 5.06. The number of nitrogens with zero attached hydrogens (tertiary/aromatic N) is 4. The van der Waals surface area contributed by atoms with Gasteiger partial charge in [-0.15, -0.1) is 16.4 Å². The maximum Gasteiger partial charge on any atom is 0.155 e. The molecule has 0 aromatic carbocycles. The van der Waals surface area contributed by atoms with Gasteiger partial charge in [0.2, 0.25) is 0 Å². The lowest BCUT2D eigenvalue weighted by Gasteiger charge is -2.05. The molecule has 0 saturated heterocycles. The average molecular weight is 324 g/mol. The van der Waals surface area contributed by atoms with E-state index in [1.807, 2.05) is 41.1 Å². The third kappa shape index (κ3) is 3.34. The topological polar surface area (TPSA) is 43.6 Å². The fraction of sp³-hybridized carbons (Fsp3) is 0.389. The number of thiophene rings is 1. The summed E-state index contributed by atoms with van der Waals surface area (Å²) in [6.45, 7) is 2.01. The monoisotopic (exact) mass is 324 g/mol. The molecule has 118 valence electrons. The van der Waals surface area contributed by atoms with Gasteiger partial charge < -0.3 is 0 Å². The zero-order valence-electron chi connectivity index (χ0n) is 13.3. The summed E-state index contributed by atoms with van der Waals surface area (Å²) in [5.41, 5.74) is 1.01. The molecule has 3 heterocycles. The molecule has 1 aliphatic rings. The minimum atomic E-state index is 0.567. The number of hydrogen-bond acceptors (Lipinski definition) is 4. The highest BCUT2D eigenvalue weighted by atomic mass is 32.1. The number of pyridine rings is 1. The molecule has 4 nitrogen and oxygen atoms in total. The van der Waals surface area contributed by atoms with Crippen molar-refractivity contribution in [2.75, 3.05) is 0 Å². The first-order valence-electron chi connectivity index (χ1n) is 8.22. The average Bonchev–Trinajstić information content (AvgIpc) is 3.10. The van der Waals surface area contributed by atoms with Crippen molar-refractivity contribution < 1.29 is 0 Å². The molecule has 0 unspecified atom stereocenters. The van der Waals surface area contributed by atoms with E-state index in [4.69, 9.17) is 10.1 Å². The van der Waals surface area contributed by atoms with Gasteiger partial charge >= 0.3 is 0 Å².